The van der Waals surface area contributed by atoms with Crippen molar-refractivity contribution in [1.29, 1.82) is 0 Å². The summed E-state index contributed by atoms with van der Waals surface area (Å²) in [5.41, 5.74) is 6.62. The molecule has 0 aliphatic heterocycles. The zero-order chi connectivity index (χ0) is 20.6. The van der Waals surface area contributed by atoms with Crippen molar-refractivity contribution < 1.29 is 0 Å². The van der Waals surface area contributed by atoms with Crippen molar-refractivity contribution in [2.24, 2.45) is 11.3 Å². The Hall–Kier alpha value is -2.29. The van der Waals surface area contributed by atoms with Crippen molar-refractivity contribution in [3.05, 3.63) is 53.6 Å². The van der Waals surface area contributed by atoms with Crippen LogP contribution in [0.4, 0.5) is 11.6 Å². The van der Waals surface area contributed by atoms with Gasteiger partial charge in [-0.1, -0.05) is 58.9 Å². The molecule has 0 amide bonds. The zero-order valence-corrected chi connectivity index (χ0v) is 18.6. The highest BCUT2D eigenvalue weighted by atomic mass is 15.2. The standard InChI is InChI=1S/C26H35N3/c1-6-19-12-13-22(20(7-2)15-19)27-25-28-23-10-8-9-11-24(23)29(25)21-14-18(3)16-26(4,5)17-21/h8-13,15,18,21H,6-7,14,16-17H2,1-5H3,(H,27,28)/t18-,21?/m0/s1. The molecule has 3 nitrogen and oxygen atoms in total. The fourth-order valence-corrected chi connectivity index (χ4v) is 5.40. The largest absolute Gasteiger partial charge is 0.325 e. The minimum absolute atomic E-state index is 0.363. The van der Waals surface area contributed by atoms with E-state index in [0.717, 1.165) is 30.2 Å². The second kappa shape index (κ2) is 7.85. The Morgan fingerprint density at radius 1 is 1.07 bits per heavy atom. The quantitative estimate of drug-likeness (QED) is 0.496. The van der Waals surface area contributed by atoms with Crippen molar-refractivity contribution in [2.75, 3.05) is 5.32 Å². The third kappa shape index (κ3) is 4.05. The molecule has 1 unspecified atom stereocenters. The smallest absolute Gasteiger partial charge is 0.208 e. The lowest BCUT2D eigenvalue weighted by molar-refractivity contribution is 0.140. The molecule has 2 aromatic carbocycles. The summed E-state index contributed by atoms with van der Waals surface area (Å²) in [6.07, 6.45) is 5.80. The fraction of sp³-hybridized carbons (Fsp3) is 0.500. The lowest BCUT2D eigenvalue weighted by Gasteiger charge is -2.40. The van der Waals surface area contributed by atoms with E-state index in [0.29, 0.717) is 11.5 Å². The van der Waals surface area contributed by atoms with Gasteiger partial charge >= 0.3 is 0 Å². The number of aryl methyl sites for hydroxylation is 2. The van der Waals surface area contributed by atoms with E-state index in [1.165, 1.54) is 41.6 Å². The highest BCUT2D eigenvalue weighted by Gasteiger charge is 2.34. The molecule has 0 saturated heterocycles. The van der Waals surface area contributed by atoms with Gasteiger partial charge in [0.1, 0.15) is 0 Å². The van der Waals surface area contributed by atoms with Crippen LogP contribution in [0.1, 0.15) is 71.0 Å². The lowest BCUT2D eigenvalue weighted by atomic mass is 9.70. The van der Waals surface area contributed by atoms with Crippen LogP contribution in [0.2, 0.25) is 0 Å². The number of anilines is 2. The van der Waals surface area contributed by atoms with Crippen molar-refractivity contribution in [2.45, 2.75) is 72.8 Å². The second-order valence-corrected chi connectivity index (χ2v) is 9.68. The Morgan fingerprint density at radius 3 is 2.59 bits per heavy atom. The van der Waals surface area contributed by atoms with Crippen LogP contribution in [-0.2, 0) is 12.8 Å². The normalized spacial score (nSPS) is 21.4. The molecule has 1 aromatic heterocycles. The maximum absolute atomic E-state index is 5.03. The van der Waals surface area contributed by atoms with E-state index in [9.17, 15) is 0 Å². The maximum Gasteiger partial charge on any atom is 0.208 e. The molecular weight excluding hydrogens is 354 g/mol. The summed E-state index contributed by atoms with van der Waals surface area (Å²) in [5, 5.41) is 3.72. The number of rotatable bonds is 5. The van der Waals surface area contributed by atoms with E-state index < -0.39 is 0 Å². The van der Waals surface area contributed by atoms with Crippen molar-refractivity contribution in [1.82, 2.24) is 9.55 Å². The van der Waals surface area contributed by atoms with Crippen LogP contribution in [-0.4, -0.2) is 9.55 Å². The highest BCUT2D eigenvalue weighted by Crippen LogP contribution is 2.46. The molecule has 2 atom stereocenters. The number of aromatic nitrogens is 2. The van der Waals surface area contributed by atoms with E-state index in [1.807, 2.05) is 0 Å². The number of imidazole rings is 1. The molecule has 1 heterocycles. The van der Waals surface area contributed by atoms with Gasteiger partial charge in [-0.05, 0) is 72.8 Å². The fourth-order valence-electron chi connectivity index (χ4n) is 5.40. The first-order valence-corrected chi connectivity index (χ1v) is 11.3. The van der Waals surface area contributed by atoms with E-state index in [4.69, 9.17) is 4.98 Å². The molecule has 154 valence electrons. The van der Waals surface area contributed by atoms with E-state index in [2.05, 4.69) is 87.0 Å². The first kappa shape index (κ1) is 20.0. The van der Waals surface area contributed by atoms with Gasteiger partial charge in [0.15, 0.2) is 0 Å². The molecule has 0 spiro atoms. The molecule has 1 saturated carbocycles. The lowest BCUT2D eigenvalue weighted by Crippen LogP contribution is -2.29. The molecule has 1 N–H and O–H groups in total. The molecule has 0 radical (unpaired) electrons. The SMILES string of the molecule is CCc1ccc(Nc2nc3ccccc3n2C2C[C@H](C)CC(C)(C)C2)c(CC)c1. The first-order chi connectivity index (χ1) is 13.9. The maximum atomic E-state index is 5.03. The number of fused-ring (bicyclic) bond motifs is 1. The molecule has 1 fully saturated rings. The van der Waals surface area contributed by atoms with Crippen molar-refractivity contribution in [3.8, 4) is 0 Å². The van der Waals surface area contributed by atoms with Gasteiger partial charge in [0.25, 0.3) is 0 Å². The van der Waals surface area contributed by atoms with Gasteiger partial charge in [-0.25, -0.2) is 4.98 Å². The van der Waals surface area contributed by atoms with E-state index in [-0.39, 0.29) is 0 Å². The number of benzene rings is 2. The van der Waals surface area contributed by atoms with Crippen LogP contribution in [0.3, 0.4) is 0 Å². The minimum atomic E-state index is 0.363. The van der Waals surface area contributed by atoms with Gasteiger partial charge in [-0.15, -0.1) is 0 Å². The minimum Gasteiger partial charge on any atom is -0.325 e. The summed E-state index contributed by atoms with van der Waals surface area (Å²) >= 11 is 0. The molecule has 3 aromatic rings. The Labute approximate surface area is 175 Å². The highest BCUT2D eigenvalue weighted by molar-refractivity contribution is 5.80. The van der Waals surface area contributed by atoms with Crippen LogP contribution >= 0.6 is 0 Å². The van der Waals surface area contributed by atoms with Crippen LogP contribution < -0.4 is 5.32 Å². The summed E-state index contributed by atoms with van der Waals surface area (Å²) in [6.45, 7) is 11.7. The molecule has 0 bridgehead atoms. The average Bonchev–Trinajstić information content (AvgIpc) is 3.04. The third-order valence-corrected chi connectivity index (χ3v) is 6.53. The monoisotopic (exact) mass is 389 g/mol. The zero-order valence-electron chi connectivity index (χ0n) is 18.6. The number of hydrogen-bond acceptors (Lipinski definition) is 2. The number of nitrogens with zero attached hydrogens (tertiary/aromatic N) is 2. The predicted octanol–water partition coefficient (Wildman–Crippen LogP) is 7.29. The van der Waals surface area contributed by atoms with Crippen LogP contribution in [0.15, 0.2) is 42.5 Å². The molecule has 4 rings (SSSR count). The third-order valence-electron chi connectivity index (χ3n) is 6.53. The summed E-state index contributed by atoms with van der Waals surface area (Å²) in [4.78, 5) is 5.03. The summed E-state index contributed by atoms with van der Waals surface area (Å²) in [5.74, 6) is 1.72. The average molecular weight is 390 g/mol. The van der Waals surface area contributed by atoms with Gasteiger partial charge in [0.05, 0.1) is 11.0 Å². The molecular formula is C26H35N3. The Balaban J connectivity index is 1.78. The summed E-state index contributed by atoms with van der Waals surface area (Å²) < 4.78 is 2.49. The molecule has 3 heteroatoms. The Bertz CT molecular complexity index is 998. The first-order valence-electron chi connectivity index (χ1n) is 11.3. The summed E-state index contributed by atoms with van der Waals surface area (Å²) in [6, 6.07) is 15.9. The van der Waals surface area contributed by atoms with E-state index >= 15 is 0 Å². The molecule has 29 heavy (non-hydrogen) atoms. The number of para-hydroxylation sites is 2. The Kier molecular flexibility index (Phi) is 5.42. The molecule has 1 aliphatic carbocycles. The van der Waals surface area contributed by atoms with Gasteiger partial charge in [-0.3, -0.25) is 0 Å². The van der Waals surface area contributed by atoms with Crippen LogP contribution in [0, 0.1) is 11.3 Å². The van der Waals surface area contributed by atoms with Gasteiger partial charge in [0.2, 0.25) is 5.95 Å². The van der Waals surface area contributed by atoms with Gasteiger partial charge in [0, 0.05) is 11.7 Å². The van der Waals surface area contributed by atoms with Crippen LogP contribution in [0.25, 0.3) is 11.0 Å². The van der Waals surface area contributed by atoms with E-state index in [1.54, 1.807) is 0 Å². The molecule has 1 aliphatic rings. The second-order valence-electron chi connectivity index (χ2n) is 9.68. The van der Waals surface area contributed by atoms with Crippen LogP contribution in [0.5, 0.6) is 0 Å². The van der Waals surface area contributed by atoms with Crippen molar-refractivity contribution >= 4 is 22.7 Å². The number of nitrogens with one attached hydrogen (secondary N) is 1. The summed E-state index contributed by atoms with van der Waals surface area (Å²) in [7, 11) is 0. The predicted molar refractivity (Wildman–Crippen MR) is 124 cm³/mol. The van der Waals surface area contributed by atoms with Gasteiger partial charge < -0.3 is 9.88 Å². The number of hydrogen-bond donors (Lipinski definition) is 1. The van der Waals surface area contributed by atoms with Crippen molar-refractivity contribution in [3.63, 3.8) is 0 Å². The van der Waals surface area contributed by atoms with Gasteiger partial charge in [-0.2, -0.15) is 0 Å². The Morgan fingerprint density at radius 2 is 1.86 bits per heavy atom. The topological polar surface area (TPSA) is 29.9 Å².